The molecule has 2 aliphatic rings. The first-order valence-corrected chi connectivity index (χ1v) is 8.24. The van der Waals surface area contributed by atoms with E-state index in [0.29, 0.717) is 5.92 Å². The van der Waals surface area contributed by atoms with Gasteiger partial charge in [0.2, 0.25) is 0 Å². The molecule has 0 atom stereocenters. The van der Waals surface area contributed by atoms with Crippen LogP contribution in [0.5, 0.6) is 0 Å². The van der Waals surface area contributed by atoms with E-state index in [9.17, 15) is 0 Å². The second-order valence-corrected chi connectivity index (χ2v) is 6.66. The summed E-state index contributed by atoms with van der Waals surface area (Å²) in [7, 11) is 0. The summed E-state index contributed by atoms with van der Waals surface area (Å²) in [5.41, 5.74) is 11.7. The zero-order valence-corrected chi connectivity index (χ0v) is 13.6. The van der Waals surface area contributed by atoms with Gasteiger partial charge in [-0.15, -0.1) is 0 Å². The maximum atomic E-state index is 2.36. The Morgan fingerprint density at radius 3 is 1.64 bits per heavy atom. The Morgan fingerprint density at radius 2 is 1.18 bits per heavy atom. The molecule has 2 aromatic rings. The van der Waals surface area contributed by atoms with Gasteiger partial charge in [0.1, 0.15) is 0 Å². The molecule has 2 aliphatic carbocycles. The van der Waals surface area contributed by atoms with Crippen LogP contribution in [0.25, 0.3) is 12.2 Å². The average Bonchev–Trinajstić information content (AvgIpc) is 3.17. The van der Waals surface area contributed by atoms with Crippen molar-refractivity contribution < 1.29 is 0 Å². The first-order chi connectivity index (χ1) is 10.7. The number of allylic oxidation sites excluding steroid dienone is 2. The molecule has 0 nitrogen and oxygen atoms in total. The van der Waals surface area contributed by atoms with Gasteiger partial charge in [-0.1, -0.05) is 55.5 Å². The van der Waals surface area contributed by atoms with Gasteiger partial charge in [-0.2, -0.15) is 0 Å². The van der Waals surface area contributed by atoms with E-state index >= 15 is 0 Å². The predicted octanol–water partition coefficient (Wildman–Crippen LogP) is 5.59. The van der Waals surface area contributed by atoms with E-state index in [-0.39, 0.29) is 0 Å². The third kappa shape index (κ3) is 1.90. The fourth-order valence-electron chi connectivity index (χ4n) is 4.03. The molecule has 0 fully saturated rings. The summed E-state index contributed by atoms with van der Waals surface area (Å²) >= 11 is 0. The Morgan fingerprint density at radius 1 is 0.727 bits per heavy atom. The Balaban J connectivity index is 1.86. The molecule has 0 aromatic heterocycles. The molecule has 2 aromatic carbocycles. The van der Waals surface area contributed by atoms with Crippen LogP contribution in [0, 0.1) is 13.8 Å². The van der Waals surface area contributed by atoms with Crippen LogP contribution in [0.3, 0.4) is 0 Å². The monoisotopic (exact) mass is 286 g/mol. The van der Waals surface area contributed by atoms with Crippen LogP contribution in [-0.4, -0.2) is 0 Å². The summed E-state index contributed by atoms with van der Waals surface area (Å²) in [4.78, 5) is 0. The lowest BCUT2D eigenvalue weighted by Crippen LogP contribution is -2.04. The van der Waals surface area contributed by atoms with Crippen LogP contribution in [0.15, 0.2) is 36.4 Å². The Bertz CT molecular complexity index is 749. The van der Waals surface area contributed by atoms with Gasteiger partial charge in [-0.3, -0.25) is 0 Å². The van der Waals surface area contributed by atoms with Crippen molar-refractivity contribution in [3.8, 4) is 0 Å². The quantitative estimate of drug-likeness (QED) is 0.674. The largest absolute Gasteiger partial charge is 0.0795 e. The molecular weight excluding hydrogens is 264 g/mol. The minimum absolute atomic E-state index is 0.439. The highest BCUT2D eigenvalue weighted by molar-refractivity contribution is 5.70. The maximum absolute atomic E-state index is 2.36. The normalized spacial score (nSPS) is 14.7. The lowest BCUT2D eigenvalue weighted by Gasteiger charge is -2.21. The second kappa shape index (κ2) is 4.98. The molecule has 0 saturated heterocycles. The Kier molecular flexibility index (Phi) is 3.07. The lowest BCUT2D eigenvalue weighted by molar-refractivity contribution is 0.908. The van der Waals surface area contributed by atoms with Crippen molar-refractivity contribution in [3.63, 3.8) is 0 Å². The molecule has 0 spiro atoms. The molecule has 0 N–H and O–H groups in total. The summed E-state index contributed by atoms with van der Waals surface area (Å²) in [5, 5.41) is 0. The molecule has 0 aliphatic heterocycles. The van der Waals surface area contributed by atoms with E-state index in [0.717, 1.165) is 12.8 Å². The fourth-order valence-corrected chi connectivity index (χ4v) is 4.03. The van der Waals surface area contributed by atoms with Crippen molar-refractivity contribution in [3.05, 3.63) is 80.9 Å². The highest BCUT2D eigenvalue weighted by Crippen LogP contribution is 2.38. The van der Waals surface area contributed by atoms with Gasteiger partial charge in [0.05, 0.1) is 0 Å². The third-order valence-corrected chi connectivity index (χ3v) is 5.40. The van der Waals surface area contributed by atoms with Crippen LogP contribution in [0.2, 0.25) is 0 Å². The van der Waals surface area contributed by atoms with E-state index in [1.165, 1.54) is 44.5 Å². The van der Waals surface area contributed by atoms with Crippen molar-refractivity contribution in [2.45, 2.75) is 39.5 Å². The number of aryl methyl sites for hydroxylation is 2. The predicted molar refractivity (Wildman–Crippen MR) is 95.4 cm³/mol. The molecule has 110 valence electrons. The molecule has 0 heteroatoms. The van der Waals surface area contributed by atoms with Crippen molar-refractivity contribution in [2.75, 3.05) is 0 Å². The van der Waals surface area contributed by atoms with Crippen molar-refractivity contribution >= 4 is 12.2 Å². The van der Waals surface area contributed by atoms with E-state index in [2.05, 4.69) is 69.3 Å². The minimum Gasteiger partial charge on any atom is -0.0795 e. The summed E-state index contributed by atoms with van der Waals surface area (Å²) in [6.45, 7) is 6.81. The van der Waals surface area contributed by atoms with E-state index in [1.807, 2.05) is 0 Å². The maximum Gasteiger partial charge on any atom is 0.00730 e. The summed E-state index contributed by atoms with van der Waals surface area (Å²) < 4.78 is 0. The van der Waals surface area contributed by atoms with Gasteiger partial charge in [-0.25, -0.2) is 0 Å². The van der Waals surface area contributed by atoms with Crippen LogP contribution < -0.4 is 0 Å². The van der Waals surface area contributed by atoms with Crippen molar-refractivity contribution in [2.24, 2.45) is 0 Å². The van der Waals surface area contributed by atoms with Gasteiger partial charge in [0, 0.05) is 5.92 Å². The van der Waals surface area contributed by atoms with Crippen molar-refractivity contribution in [1.82, 2.24) is 0 Å². The molecule has 0 amide bonds. The van der Waals surface area contributed by atoms with Gasteiger partial charge >= 0.3 is 0 Å². The van der Waals surface area contributed by atoms with Gasteiger partial charge in [-0.05, 0) is 71.2 Å². The number of hydrogen-bond acceptors (Lipinski definition) is 0. The van der Waals surface area contributed by atoms with Gasteiger partial charge in [0.25, 0.3) is 0 Å². The summed E-state index contributed by atoms with van der Waals surface area (Å²) in [5.74, 6) is 0.439. The molecule has 4 rings (SSSR count). The van der Waals surface area contributed by atoms with Crippen LogP contribution in [-0.2, 0) is 12.8 Å². The summed E-state index contributed by atoms with van der Waals surface area (Å²) in [6.07, 6.45) is 11.4. The Labute approximate surface area is 133 Å². The summed E-state index contributed by atoms with van der Waals surface area (Å²) in [6, 6.07) is 9.25. The molecule has 0 saturated carbocycles. The third-order valence-electron chi connectivity index (χ3n) is 5.40. The Hall–Kier alpha value is -2.08. The highest BCUT2D eigenvalue weighted by atomic mass is 14.3. The second-order valence-electron chi connectivity index (χ2n) is 6.66. The van der Waals surface area contributed by atoms with E-state index < -0.39 is 0 Å². The first kappa shape index (κ1) is 13.6. The van der Waals surface area contributed by atoms with E-state index in [4.69, 9.17) is 0 Å². The molecule has 0 bridgehead atoms. The fraction of sp³-hybridized carbons (Fsp3) is 0.273. The minimum atomic E-state index is 0.439. The molecule has 0 heterocycles. The van der Waals surface area contributed by atoms with E-state index in [1.54, 1.807) is 0 Å². The zero-order chi connectivity index (χ0) is 15.3. The SMILES string of the molecule is Cc1ccc(C(C)c2ccc(C)c3c2C=CC3)c2c1CC=C2. The first-order valence-electron chi connectivity index (χ1n) is 8.24. The van der Waals surface area contributed by atoms with Crippen LogP contribution in [0.4, 0.5) is 0 Å². The standard InChI is InChI=1S/C22H22/c1-14-10-12-19(21-8-4-6-17(14)21)16(3)20-13-11-15(2)18-7-5-9-22(18)20/h4-5,8-13,16H,6-7H2,1-3H3. The number of rotatable bonds is 2. The average molecular weight is 286 g/mol. The van der Waals surface area contributed by atoms with Gasteiger partial charge in [0.15, 0.2) is 0 Å². The molecule has 0 unspecified atom stereocenters. The van der Waals surface area contributed by atoms with Crippen LogP contribution in [0.1, 0.15) is 57.3 Å². The zero-order valence-electron chi connectivity index (χ0n) is 13.6. The number of fused-ring (bicyclic) bond motifs is 2. The number of benzene rings is 2. The van der Waals surface area contributed by atoms with Gasteiger partial charge < -0.3 is 0 Å². The smallest absolute Gasteiger partial charge is 0.00730 e. The lowest BCUT2D eigenvalue weighted by atomic mass is 9.83. The molecular formula is C22H22. The highest BCUT2D eigenvalue weighted by Gasteiger charge is 2.21. The number of hydrogen-bond donors (Lipinski definition) is 0. The topological polar surface area (TPSA) is 0 Å². The van der Waals surface area contributed by atoms with Crippen molar-refractivity contribution in [1.29, 1.82) is 0 Å². The molecule has 22 heavy (non-hydrogen) atoms. The van der Waals surface area contributed by atoms with Crippen LogP contribution >= 0.6 is 0 Å². The molecule has 0 radical (unpaired) electrons.